The first-order chi connectivity index (χ1) is 9.95. The minimum Gasteiger partial charge on any atom is -0.332 e. The van der Waals surface area contributed by atoms with Gasteiger partial charge in [-0.15, -0.1) is 0 Å². The van der Waals surface area contributed by atoms with Crippen LogP contribution in [0.15, 0.2) is 23.1 Å². The molecule has 0 radical (unpaired) electrons. The summed E-state index contributed by atoms with van der Waals surface area (Å²) in [6, 6.07) is 7.68. The van der Waals surface area contributed by atoms with Crippen molar-refractivity contribution in [2.45, 2.75) is 25.2 Å². The van der Waals surface area contributed by atoms with Crippen LogP contribution in [-0.4, -0.2) is 45.4 Å². The van der Waals surface area contributed by atoms with E-state index in [1.165, 1.54) is 4.90 Å². The van der Waals surface area contributed by atoms with Gasteiger partial charge in [-0.2, -0.15) is 9.57 Å². The average molecular weight is 308 g/mol. The van der Waals surface area contributed by atoms with Crippen molar-refractivity contribution in [3.8, 4) is 6.07 Å². The molecule has 5 nitrogen and oxygen atoms in total. The number of aryl methyl sites for hydroxylation is 2. The molecule has 0 bridgehead atoms. The second-order valence-electron chi connectivity index (χ2n) is 5.58. The van der Waals surface area contributed by atoms with Gasteiger partial charge in [0.15, 0.2) is 0 Å². The van der Waals surface area contributed by atoms with E-state index in [4.69, 9.17) is 5.26 Å². The Kier molecular flexibility index (Phi) is 4.99. The minimum absolute atomic E-state index is 0.419. The predicted molar refractivity (Wildman–Crippen MR) is 80.5 cm³/mol. The standard InChI is InChI=1S/C15H21N3O2S/c1-13-4-5-14(2)15(12-13)21(19,20)18-10-8-17(9-11-18)7-3-6-16/h4-5,12H,3,7-11H2,1-2H3/p+1. The van der Waals surface area contributed by atoms with E-state index in [9.17, 15) is 8.42 Å². The number of quaternary nitrogens is 1. The Morgan fingerprint density at radius 2 is 1.95 bits per heavy atom. The van der Waals surface area contributed by atoms with E-state index in [0.717, 1.165) is 30.8 Å². The molecule has 0 aromatic heterocycles. The van der Waals surface area contributed by atoms with Crippen LogP contribution in [-0.2, 0) is 10.0 Å². The summed E-state index contributed by atoms with van der Waals surface area (Å²) in [6.07, 6.45) is 0.527. The molecule has 1 aromatic carbocycles. The monoisotopic (exact) mass is 308 g/mol. The molecule has 0 amide bonds. The number of benzene rings is 1. The van der Waals surface area contributed by atoms with Crippen LogP contribution in [0.2, 0.25) is 0 Å². The maximum absolute atomic E-state index is 12.7. The van der Waals surface area contributed by atoms with Gasteiger partial charge in [0, 0.05) is 0 Å². The number of nitrogens with one attached hydrogen (secondary N) is 1. The van der Waals surface area contributed by atoms with Gasteiger partial charge in [-0.25, -0.2) is 8.42 Å². The first-order valence-electron chi connectivity index (χ1n) is 7.23. The molecule has 1 heterocycles. The summed E-state index contributed by atoms with van der Waals surface area (Å²) in [5.41, 5.74) is 1.75. The maximum Gasteiger partial charge on any atom is 0.243 e. The Bertz CT molecular complexity index is 641. The van der Waals surface area contributed by atoms with Gasteiger partial charge >= 0.3 is 0 Å². The Labute approximate surface area is 126 Å². The molecule has 0 unspecified atom stereocenters. The van der Waals surface area contributed by atoms with Crippen LogP contribution >= 0.6 is 0 Å². The van der Waals surface area contributed by atoms with Crippen LogP contribution in [0.1, 0.15) is 17.5 Å². The van der Waals surface area contributed by atoms with Crippen LogP contribution in [0.3, 0.4) is 0 Å². The van der Waals surface area contributed by atoms with Crippen molar-refractivity contribution in [1.82, 2.24) is 4.31 Å². The predicted octanol–water partition coefficient (Wildman–Crippen LogP) is 0.106. The van der Waals surface area contributed by atoms with E-state index in [1.807, 2.05) is 26.0 Å². The summed E-state index contributed by atoms with van der Waals surface area (Å²) >= 11 is 0. The van der Waals surface area contributed by atoms with E-state index in [-0.39, 0.29) is 0 Å². The van der Waals surface area contributed by atoms with Crippen molar-refractivity contribution >= 4 is 10.0 Å². The molecule has 1 aromatic rings. The van der Waals surface area contributed by atoms with E-state index in [2.05, 4.69) is 6.07 Å². The lowest BCUT2D eigenvalue weighted by atomic mass is 10.2. The Morgan fingerprint density at radius 1 is 1.29 bits per heavy atom. The lowest BCUT2D eigenvalue weighted by molar-refractivity contribution is -0.903. The molecule has 0 spiro atoms. The van der Waals surface area contributed by atoms with Gasteiger partial charge in [-0.3, -0.25) is 0 Å². The quantitative estimate of drug-likeness (QED) is 0.858. The van der Waals surface area contributed by atoms with E-state index in [0.29, 0.717) is 24.4 Å². The van der Waals surface area contributed by atoms with Crippen LogP contribution < -0.4 is 4.90 Å². The molecule has 2 rings (SSSR count). The van der Waals surface area contributed by atoms with Crippen molar-refractivity contribution in [3.05, 3.63) is 29.3 Å². The average Bonchev–Trinajstić information content (AvgIpc) is 2.48. The normalized spacial score (nSPS) is 17.6. The summed E-state index contributed by atoms with van der Waals surface area (Å²) in [5, 5.41) is 8.61. The fourth-order valence-electron chi connectivity index (χ4n) is 2.65. The van der Waals surface area contributed by atoms with Crippen LogP contribution in [0.4, 0.5) is 0 Å². The molecule has 1 aliphatic rings. The molecule has 1 N–H and O–H groups in total. The third kappa shape index (κ3) is 3.62. The number of nitrogens with zero attached hydrogens (tertiary/aromatic N) is 2. The second kappa shape index (κ2) is 6.56. The van der Waals surface area contributed by atoms with E-state index >= 15 is 0 Å². The molecule has 0 saturated carbocycles. The smallest absolute Gasteiger partial charge is 0.243 e. The fourth-order valence-corrected chi connectivity index (χ4v) is 4.40. The Morgan fingerprint density at radius 3 is 2.57 bits per heavy atom. The maximum atomic E-state index is 12.7. The second-order valence-corrected chi connectivity index (χ2v) is 7.49. The van der Waals surface area contributed by atoms with Gasteiger partial charge < -0.3 is 4.90 Å². The van der Waals surface area contributed by atoms with Crippen LogP contribution in [0.25, 0.3) is 0 Å². The van der Waals surface area contributed by atoms with E-state index in [1.54, 1.807) is 10.4 Å². The molecule has 0 aliphatic carbocycles. The van der Waals surface area contributed by atoms with Crippen molar-refractivity contribution in [2.75, 3.05) is 32.7 Å². The molecule has 1 saturated heterocycles. The van der Waals surface area contributed by atoms with Crippen molar-refractivity contribution in [3.63, 3.8) is 0 Å². The number of sulfonamides is 1. The molecule has 21 heavy (non-hydrogen) atoms. The van der Waals surface area contributed by atoms with Gasteiger partial charge in [-0.05, 0) is 31.0 Å². The first-order valence-corrected chi connectivity index (χ1v) is 8.67. The summed E-state index contributed by atoms with van der Waals surface area (Å²) in [4.78, 5) is 1.73. The Hall–Kier alpha value is -1.42. The van der Waals surface area contributed by atoms with E-state index < -0.39 is 10.0 Å². The highest BCUT2D eigenvalue weighted by Crippen LogP contribution is 2.21. The van der Waals surface area contributed by atoms with Crippen molar-refractivity contribution < 1.29 is 13.3 Å². The number of piperazine rings is 1. The Balaban J connectivity index is 2.12. The third-order valence-electron chi connectivity index (χ3n) is 3.98. The van der Waals surface area contributed by atoms with Crippen molar-refractivity contribution in [2.24, 2.45) is 0 Å². The SMILES string of the molecule is Cc1ccc(C)c(S(=O)(=O)N2CC[NH+](CCC#N)CC2)c1. The lowest BCUT2D eigenvalue weighted by Gasteiger charge is -2.31. The zero-order valence-corrected chi connectivity index (χ0v) is 13.4. The zero-order valence-electron chi connectivity index (χ0n) is 12.6. The minimum atomic E-state index is -3.40. The highest BCUT2D eigenvalue weighted by atomic mass is 32.2. The largest absolute Gasteiger partial charge is 0.332 e. The third-order valence-corrected chi connectivity index (χ3v) is 6.02. The molecule has 1 fully saturated rings. The first kappa shape index (κ1) is 16.0. The summed E-state index contributed by atoms with van der Waals surface area (Å²) in [6.45, 7) is 7.13. The van der Waals surface area contributed by atoms with Crippen LogP contribution in [0.5, 0.6) is 0 Å². The van der Waals surface area contributed by atoms with Crippen LogP contribution in [0, 0.1) is 25.2 Å². The fraction of sp³-hybridized carbons (Fsp3) is 0.533. The highest BCUT2D eigenvalue weighted by Gasteiger charge is 2.31. The molecule has 6 heteroatoms. The molecular weight excluding hydrogens is 286 g/mol. The zero-order chi connectivity index (χ0) is 15.5. The number of rotatable bonds is 4. The van der Waals surface area contributed by atoms with Crippen molar-refractivity contribution in [1.29, 1.82) is 5.26 Å². The number of nitriles is 1. The topological polar surface area (TPSA) is 65.6 Å². The number of hydrogen-bond donors (Lipinski definition) is 1. The summed E-state index contributed by atoms with van der Waals surface area (Å²) in [5.74, 6) is 0. The molecule has 114 valence electrons. The summed E-state index contributed by atoms with van der Waals surface area (Å²) in [7, 11) is -3.40. The van der Waals surface area contributed by atoms with Gasteiger partial charge in [0.2, 0.25) is 10.0 Å². The highest BCUT2D eigenvalue weighted by molar-refractivity contribution is 7.89. The van der Waals surface area contributed by atoms with Gasteiger partial charge in [0.25, 0.3) is 0 Å². The van der Waals surface area contributed by atoms with Gasteiger partial charge in [-0.1, -0.05) is 12.1 Å². The van der Waals surface area contributed by atoms with Gasteiger partial charge in [0.05, 0.1) is 50.1 Å². The molecule has 0 atom stereocenters. The molecular formula is C15H22N3O2S+. The van der Waals surface area contributed by atoms with Gasteiger partial charge in [0.1, 0.15) is 0 Å². The number of hydrogen-bond acceptors (Lipinski definition) is 3. The lowest BCUT2D eigenvalue weighted by Crippen LogP contribution is -3.14. The summed E-state index contributed by atoms with van der Waals surface area (Å²) < 4.78 is 27.1. The molecule has 1 aliphatic heterocycles.